The Morgan fingerprint density at radius 3 is 2.46 bits per heavy atom. The average molecular weight is 331 g/mol. The molecule has 0 radical (unpaired) electrons. The number of guanidine groups is 1. The Labute approximate surface area is 142 Å². The molecular formula is C18H25N3O3. The van der Waals surface area contributed by atoms with Crippen LogP contribution >= 0.6 is 0 Å². The van der Waals surface area contributed by atoms with Crippen LogP contribution in [-0.4, -0.2) is 23.6 Å². The van der Waals surface area contributed by atoms with Crippen LogP contribution in [0.3, 0.4) is 0 Å². The molecule has 0 saturated carbocycles. The number of carbonyl (C=O) groups is 2. The lowest BCUT2D eigenvalue weighted by atomic mass is 9.83. The quantitative estimate of drug-likeness (QED) is 0.893. The van der Waals surface area contributed by atoms with E-state index in [4.69, 9.17) is 4.74 Å². The van der Waals surface area contributed by atoms with E-state index in [0.29, 0.717) is 6.42 Å². The molecule has 2 amide bonds. The number of carbonyl (C=O) groups excluding carboxylic acids is 2. The highest BCUT2D eigenvalue weighted by atomic mass is 16.6. The molecule has 2 rings (SSSR count). The molecule has 1 aromatic rings. The van der Waals surface area contributed by atoms with Gasteiger partial charge in [-0.2, -0.15) is 0 Å². The van der Waals surface area contributed by atoms with Crippen LogP contribution in [0.15, 0.2) is 35.3 Å². The summed E-state index contributed by atoms with van der Waals surface area (Å²) in [5.41, 5.74) is -0.848. The molecule has 6 nitrogen and oxygen atoms in total. The Morgan fingerprint density at radius 2 is 1.92 bits per heavy atom. The zero-order valence-electron chi connectivity index (χ0n) is 14.8. The van der Waals surface area contributed by atoms with Gasteiger partial charge < -0.3 is 4.74 Å². The maximum atomic E-state index is 12.7. The van der Waals surface area contributed by atoms with Crippen LogP contribution in [-0.2, 0) is 15.1 Å². The van der Waals surface area contributed by atoms with Crippen molar-refractivity contribution >= 4 is 18.0 Å². The van der Waals surface area contributed by atoms with Gasteiger partial charge in [-0.1, -0.05) is 44.2 Å². The van der Waals surface area contributed by atoms with E-state index in [0.717, 1.165) is 5.56 Å². The number of nitrogens with zero attached hydrogens (tertiary/aromatic N) is 1. The summed E-state index contributed by atoms with van der Waals surface area (Å²) < 4.78 is 5.21. The predicted molar refractivity (Wildman–Crippen MR) is 92.5 cm³/mol. The first kappa shape index (κ1) is 18.0. The Bertz CT molecular complexity index is 647. The molecule has 130 valence electrons. The third-order valence-electron chi connectivity index (χ3n) is 3.48. The van der Waals surface area contributed by atoms with E-state index in [1.165, 1.54) is 0 Å². The van der Waals surface area contributed by atoms with E-state index < -0.39 is 17.2 Å². The van der Waals surface area contributed by atoms with Crippen LogP contribution in [0.1, 0.15) is 46.6 Å². The molecule has 6 heteroatoms. The molecule has 1 atom stereocenters. The highest BCUT2D eigenvalue weighted by Crippen LogP contribution is 2.35. The summed E-state index contributed by atoms with van der Waals surface area (Å²) in [4.78, 5) is 29.1. The van der Waals surface area contributed by atoms with Crippen molar-refractivity contribution in [2.75, 3.05) is 0 Å². The van der Waals surface area contributed by atoms with Gasteiger partial charge >= 0.3 is 6.09 Å². The van der Waals surface area contributed by atoms with Crippen molar-refractivity contribution in [2.24, 2.45) is 10.9 Å². The monoisotopic (exact) mass is 331 g/mol. The summed E-state index contributed by atoms with van der Waals surface area (Å²) >= 11 is 0. The van der Waals surface area contributed by atoms with E-state index in [1.54, 1.807) is 20.8 Å². The summed E-state index contributed by atoms with van der Waals surface area (Å²) in [6.07, 6.45) is -0.0996. The Morgan fingerprint density at radius 1 is 1.29 bits per heavy atom. The molecule has 2 N–H and O–H groups in total. The van der Waals surface area contributed by atoms with Gasteiger partial charge in [-0.05, 0) is 38.7 Å². The van der Waals surface area contributed by atoms with Crippen molar-refractivity contribution in [3.63, 3.8) is 0 Å². The predicted octanol–water partition coefficient (Wildman–Crippen LogP) is 2.94. The van der Waals surface area contributed by atoms with Gasteiger partial charge in [0.1, 0.15) is 5.60 Å². The Balaban J connectivity index is 2.30. The molecule has 0 unspecified atom stereocenters. The molecular weight excluding hydrogens is 306 g/mol. The van der Waals surface area contributed by atoms with Crippen molar-refractivity contribution in [3.8, 4) is 0 Å². The summed E-state index contributed by atoms with van der Waals surface area (Å²) in [7, 11) is 0. The van der Waals surface area contributed by atoms with Gasteiger partial charge in [0.15, 0.2) is 5.54 Å². The lowest BCUT2D eigenvalue weighted by molar-refractivity contribution is -0.124. The number of rotatable bonds is 3. The Hall–Kier alpha value is -2.37. The number of benzene rings is 1. The van der Waals surface area contributed by atoms with Crippen molar-refractivity contribution < 1.29 is 14.3 Å². The molecule has 0 saturated heterocycles. The average Bonchev–Trinajstić information content (AvgIpc) is 2.73. The number of aliphatic imine (C=N–C) groups is 1. The van der Waals surface area contributed by atoms with Crippen LogP contribution in [0, 0.1) is 5.92 Å². The van der Waals surface area contributed by atoms with Crippen LogP contribution in [0.2, 0.25) is 0 Å². The van der Waals surface area contributed by atoms with Gasteiger partial charge in [0.25, 0.3) is 5.91 Å². The first-order valence-corrected chi connectivity index (χ1v) is 8.09. The number of amides is 2. The molecule has 0 spiro atoms. The minimum atomic E-state index is -1.03. The van der Waals surface area contributed by atoms with Crippen molar-refractivity contribution in [3.05, 3.63) is 35.9 Å². The van der Waals surface area contributed by atoms with E-state index >= 15 is 0 Å². The number of nitrogens with one attached hydrogen (secondary N) is 2. The number of ether oxygens (including phenoxy) is 1. The standard InChI is InChI=1S/C18H25N3O3/c1-12(2)11-18(13-9-7-6-8-10-13)14(22)19-15(21-18)20-16(23)24-17(3,4)5/h6-10,12H,11H2,1-5H3,(H2,19,20,21,22,23)/t18-/m1/s1. The first-order chi connectivity index (χ1) is 11.1. The second-order valence-corrected chi connectivity index (χ2v) is 7.37. The van der Waals surface area contributed by atoms with Crippen LogP contribution < -0.4 is 10.6 Å². The summed E-state index contributed by atoms with van der Waals surface area (Å²) in [5.74, 6) is 0.132. The molecule has 0 aliphatic carbocycles. The van der Waals surface area contributed by atoms with E-state index in [1.807, 2.05) is 44.2 Å². The Kier molecular flexibility index (Phi) is 4.96. The normalized spacial score (nSPS) is 20.6. The second-order valence-electron chi connectivity index (χ2n) is 7.37. The summed E-state index contributed by atoms with van der Waals surface area (Å²) in [5, 5.41) is 5.18. The SMILES string of the molecule is CC(C)C[C@]1(c2ccccc2)N=C(NC(=O)OC(C)(C)C)NC1=O. The number of hydrogen-bond acceptors (Lipinski definition) is 4. The van der Waals surface area contributed by atoms with E-state index in [9.17, 15) is 9.59 Å². The minimum Gasteiger partial charge on any atom is -0.444 e. The summed E-state index contributed by atoms with van der Waals surface area (Å²) in [6, 6.07) is 9.39. The smallest absolute Gasteiger partial charge is 0.414 e. The molecule has 1 heterocycles. The fourth-order valence-electron chi connectivity index (χ4n) is 2.70. The summed E-state index contributed by atoms with van der Waals surface area (Å²) in [6.45, 7) is 9.39. The van der Waals surface area contributed by atoms with Crippen molar-refractivity contribution in [1.82, 2.24) is 10.6 Å². The zero-order valence-corrected chi connectivity index (χ0v) is 14.8. The maximum absolute atomic E-state index is 12.7. The molecule has 0 aromatic heterocycles. The fraction of sp³-hybridized carbons (Fsp3) is 0.500. The first-order valence-electron chi connectivity index (χ1n) is 8.09. The van der Waals surface area contributed by atoms with Gasteiger partial charge in [0.2, 0.25) is 5.96 Å². The highest BCUT2D eigenvalue weighted by molar-refractivity contribution is 6.11. The van der Waals surface area contributed by atoms with Crippen LogP contribution in [0.25, 0.3) is 0 Å². The zero-order chi connectivity index (χ0) is 18.0. The topological polar surface area (TPSA) is 79.8 Å². The van der Waals surface area contributed by atoms with Gasteiger partial charge in [-0.3, -0.25) is 15.4 Å². The lowest BCUT2D eigenvalue weighted by Crippen LogP contribution is -2.44. The van der Waals surface area contributed by atoms with Crippen LogP contribution in [0.5, 0.6) is 0 Å². The van der Waals surface area contributed by atoms with Crippen molar-refractivity contribution in [2.45, 2.75) is 52.2 Å². The van der Waals surface area contributed by atoms with Crippen LogP contribution in [0.4, 0.5) is 4.79 Å². The third kappa shape index (κ3) is 4.13. The minimum absolute atomic E-state index is 0.124. The fourth-order valence-corrected chi connectivity index (χ4v) is 2.70. The molecule has 0 bridgehead atoms. The maximum Gasteiger partial charge on any atom is 0.414 e. The second kappa shape index (κ2) is 6.63. The lowest BCUT2D eigenvalue weighted by Gasteiger charge is -2.25. The number of alkyl carbamates (subject to hydrolysis) is 1. The molecule has 1 aliphatic heterocycles. The van der Waals surface area contributed by atoms with E-state index in [-0.39, 0.29) is 17.8 Å². The van der Waals surface area contributed by atoms with Gasteiger partial charge in [-0.15, -0.1) is 0 Å². The third-order valence-corrected chi connectivity index (χ3v) is 3.48. The molecule has 24 heavy (non-hydrogen) atoms. The van der Waals surface area contributed by atoms with Crippen molar-refractivity contribution in [1.29, 1.82) is 0 Å². The molecule has 0 fully saturated rings. The van der Waals surface area contributed by atoms with Gasteiger partial charge in [-0.25, -0.2) is 9.79 Å². The largest absolute Gasteiger partial charge is 0.444 e. The van der Waals surface area contributed by atoms with Gasteiger partial charge in [0.05, 0.1) is 0 Å². The van der Waals surface area contributed by atoms with E-state index in [2.05, 4.69) is 15.6 Å². The molecule has 1 aromatic carbocycles. The highest BCUT2D eigenvalue weighted by Gasteiger charge is 2.46. The molecule has 1 aliphatic rings. The van der Waals surface area contributed by atoms with Gasteiger partial charge in [0, 0.05) is 0 Å². The number of hydrogen-bond donors (Lipinski definition) is 2.